The number of ether oxygens (including phenoxy) is 3. The van der Waals surface area contributed by atoms with Crippen molar-refractivity contribution in [2.45, 2.75) is 51.5 Å². The molecule has 0 saturated carbocycles. The fourth-order valence-electron chi connectivity index (χ4n) is 2.56. The van der Waals surface area contributed by atoms with E-state index in [1.165, 1.54) is 12.0 Å². The Morgan fingerprint density at radius 1 is 1.38 bits per heavy atom. The molecule has 2 aliphatic rings. The fourth-order valence-corrected chi connectivity index (χ4v) is 2.56. The maximum absolute atomic E-state index is 12.4. The third-order valence-corrected chi connectivity index (χ3v) is 3.50. The highest BCUT2D eigenvalue weighted by molar-refractivity contribution is 5.90. The summed E-state index contributed by atoms with van der Waals surface area (Å²) in [5.41, 5.74) is -0.658. The number of nitrogens with zero attached hydrogens (tertiary/aromatic N) is 1. The van der Waals surface area contributed by atoms with Gasteiger partial charge in [0.1, 0.15) is 17.9 Å². The van der Waals surface area contributed by atoms with Crippen molar-refractivity contribution in [3.63, 3.8) is 0 Å². The normalized spacial score (nSPS) is 28.5. The molecule has 0 aliphatic carbocycles. The third kappa shape index (κ3) is 3.34. The first-order chi connectivity index (χ1) is 9.73. The minimum absolute atomic E-state index is 0.0108. The van der Waals surface area contributed by atoms with Crippen molar-refractivity contribution in [3.05, 3.63) is 0 Å². The van der Waals surface area contributed by atoms with E-state index in [2.05, 4.69) is 4.74 Å². The molecule has 2 rings (SSSR count). The number of fused-ring (bicyclic) bond motifs is 1. The van der Waals surface area contributed by atoms with Gasteiger partial charge in [-0.2, -0.15) is 0 Å². The van der Waals surface area contributed by atoms with Crippen LogP contribution >= 0.6 is 0 Å². The molecule has 0 radical (unpaired) electrons. The molecule has 0 bridgehead atoms. The Kier molecular flexibility index (Phi) is 4.22. The van der Waals surface area contributed by atoms with E-state index in [-0.39, 0.29) is 31.6 Å². The van der Waals surface area contributed by atoms with Gasteiger partial charge in [0.05, 0.1) is 26.6 Å². The van der Waals surface area contributed by atoms with E-state index in [1.54, 1.807) is 20.8 Å². The van der Waals surface area contributed by atoms with E-state index in [0.29, 0.717) is 0 Å². The Bertz CT molecular complexity index is 455. The monoisotopic (exact) mass is 299 g/mol. The van der Waals surface area contributed by atoms with Crippen molar-refractivity contribution in [2.24, 2.45) is 5.92 Å². The molecule has 0 aromatic carbocycles. The highest BCUT2D eigenvalue weighted by Crippen LogP contribution is 2.35. The van der Waals surface area contributed by atoms with Crippen LogP contribution in [-0.2, 0) is 28.6 Å². The molecular weight excluding hydrogens is 278 g/mol. The van der Waals surface area contributed by atoms with E-state index >= 15 is 0 Å². The molecule has 3 atom stereocenters. The van der Waals surface area contributed by atoms with Crippen LogP contribution in [0.3, 0.4) is 0 Å². The second-order valence-electron chi connectivity index (χ2n) is 6.31. The second-order valence-corrected chi connectivity index (χ2v) is 6.31. The Hall–Kier alpha value is -1.63. The van der Waals surface area contributed by atoms with E-state index < -0.39 is 29.5 Å². The van der Waals surface area contributed by atoms with Crippen LogP contribution in [0.15, 0.2) is 0 Å². The summed E-state index contributed by atoms with van der Waals surface area (Å²) in [5.74, 6) is -1.56. The number of amides is 1. The maximum Gasteiger partial charge on any atom is 0.329 e. The van der Waals surface area contributed by atoms with Gasteiger partial charge in [0.2, 0.25) is 5.91 Å². The molecule has 7 heteroatoms. The van der Waals surface area contributed by atoms with Crippen LogP contribution in [0.25, 0.3) is 0 Å². The van der Waals surface area contributed by atoms with Crippen LogP contribution in [-0.4, -0.2) is 54.3 Å². The average Bonchev–Trinajstić information content (AvgIpc) is 2.36. The SMILES string of the molecule is COC(=O)C[C@H]1CO[C@@H]2CC(=O)N2[C@H]1C(=O)OC(C)(C)C. The lowest BCUT2D eigenvalue weighted by Gasteiger charge is -2.50. The zero-order valence-corrected chi connectivity index (χ0v) is 12.8. The van der Waals surface area contributed by atoms with Crippen molar-refractivity contribution in [2.75, 3.05) is 13.7 Å². The summed E-state index contributed by atoms with van der Waals surface area (Å²) in [4.78, 5) is 37.0. The lowest BCUT2D eigenvalue weighted by Crippen LogP contribution is -2.67. The van der Waals surface area contributed by atoms with E-state index in [4.69, 9.17) is 9.47 Å². The van der Waals surface area contributed by atoms with Crippen LogP contribution in [0, 0.1) is 5.92 Å². The molecule has 7 nitrogen and oxygen atoms in total. The van der Waals surface area contributed by atoms with E-state index in [0.717, 1.165) is 0 Å². The first kappa shape index (κ1) is 15.8. The lowest BCUT2D eigenvalue weighted by molar-refractivity contribution is -0.220. The van der Waals surface area contributed by atoms with Gasteiger partial charge in [-0.1, -0.05) is 0 Å². The lowest BCUT2D eigenvalue weighted by atomic mass is 9.89. The van der Waals surface area contributed by atoms with Crippen molar-refractivity contribution in [1.29, 1.82) is 0 Å². The molecule has 2 aliphatic heterocycles. The molecule has 2 saturated heterocycles. The molecule has 0 aromatic rings. The zero-order valence-electron chi connectivity index (χ0n) is 12.8. The predicted octanol–water partition coefficient (Wildman–Crippen LogP) is 0.465. The largest absolute Gasteiger partial charge is 0.469 e. The quantitative estimate of drug-likeness (QED) is 0.556. The van der Waals surface area contributed by atoms with E-state index in [1.807, 2.05) is 0 Å². The minimum Gasteiger partial charge on any atom is -0.469 e. The number of carbonyl (C=O) groups excluding carboxylic acids is 3. The third-order valence-electron chi connectivity index (χ3n) is 3.50. The van der Waals surface area contributed by atoms with Gasteiger partial charge in [0.25, 0.3) is 0 Å². The second kappa shape index (κ2) is 5.63. The molecule has 0 spiro atoms. The van der Waals surface area contributed by atoms with Crippen molar-refractivity contribution < 1.29 is 28.6 Å². The number of hydrogen-bond acceptors (Lipinski definition) is 6. The molecule has 1 amide bonds. The minimum atomic E-state index is -0.789. The summed E-state index contributed by atoms with van der Waals surface area (Å²) in [6, 6.07) is -0.789. The van der Waals surface area contributed by atoms with Crippen LogP contribution in [0.5, 0.6) is 0 Å². The Balaban J connectivity index is 2.17. The first-order valence-electron chi connectivity index (χ1n) is 6.95. The van der Waals surface area contributed by atoms with Crippen LogP contribution in [0.2, 0.25) is 0 Å². The van der Waals surface area contributed by atoms with Gasteiger partial charge in [0.15, 0.2) is 0 Å². The van der Waals surface area contributed by atoms with Gasteiger partial charge in [-0.25, -0.2) is 4.79 Å². The van der Waals surface area contributed by atoms with Crippen molar-refractivity contribution in [3.8, 4) is 0 Å². The van der Waals surface area contributed by atoms with Crippen LogP contribution < -0.4 is 0 Å². The number of carbonyl (C=O) groups is 3. The highest BCUT2D eigenvalue weighted by Gasteiger charge is 2.52. The fraction of sp³-hybridized carbons (Fsp3) is 0.786. The van der Waals surface area contributed by atoms with Crippen LogP contribution in [0.1, 0.15) is 33.6 Å². The summed E-state index contributed by atoms with van der Waals surface area (Å²) < 4.78 is 15.5. The van der Waals surface area contributed by atoms with Gasteiger partial charge in [0, 0.05) is 5.92 Å². The number of esters is 2. The number of hydrogen-bond donors (Lipinski definition) is 0. The van der Waals surface area contributed by atoms with E-state index in [9.17, 15) is 14.4 Å². The number of methoxy groups -OCH3 is 1. The smallest absolute Gasteiger partial charge is 0.329 e. The molecule has 118 valence electrons. The topological polar surface area (TPSA) is 82.1 Å². The molecule has 2 fully saturated rings. The van der Waals surface area contributed by atoms with Crippen molar-refractivity contribution >= 4 is 17.8 Å². The summed E-state index contributed by atoms with van der Waals surface area (Å²) >= 11 is 0. The standard InChI is InChI=1S/C14H21NO6/c1-14(2,3)21-13(18)12-8(5-11(17)19-4)7-20-10-6-9(16)15(10)12/h8,10,12H,5-7H2,1-4H3/t8-,10+,12+/m0/s1. The van der Waals surface area contributed by atoms with Crippen molar-refractivity contribution in [1.82, 2.24) is 4.90 Å². The maximum atomic E-state index is 12.4. The molecule has 2 heterocycles. The van der Waals surface area contributed by atoms with Crippen LogP contribution in [0.4, 0.5) is 0 Å². The van der Waals surface area contributed by atoms with Gasteiger partial charge in [-0.15, -0.1) is 0 Å². The molecule has 0 unspecified atom stereocenters. The highest BCUT2D eigenvalue weighted by atomic mass is 16.6. The molecule has 0 aromatic heterocycles. The van der Waals surface area contributed by atoms with Gasteiger partial charge >= 0.3 is 11.9 Å². The molecule has 21 heavy (non-hydrogen) atoms. The summed E-state index contributed by atoms with van der Waals surface area (Å²) in [6.45, 7) is 5.51. The number of rotatable bonds is 3. The Labute approximate surface area is 123 Å². The Morgan fingerprint density at radius 3 is 2.57 bits per heavy atom. The number of β-lactam (4-membered cyclic amide) rings is 1. The van der Waals surface area contributed by atoms with Gasteiger partial charge < -0.3 is 19.1 Å². The Morgan fingerprint density at radius 2 is 2.05 bits per heavy atom. The predicted molar refractivity (Wildman–Crippen MR) is 71.0 cm³/mol. The first-order valence-corrected chi connectivity index (χ1v) is 6.95. The van der Waals surface area contributed by atoms with Gasteiger partial charge in [-0.3, -0.25) is 9.59 Å². The molecule has 0 N–H and O–H groups in total. The average molecular weight is 299 g/mol. The molecular formula is C14H21NO6. The summed E-state index contributed by atoms with van der Waals surface area (Å²) in [5, 5.41) is 0. The summed E-state index contributed by atoms with van der Waals surface area (Å²) in [6.07, 6.45) is -0.106. The van der Waals surface area contributed by atoms with Gasteiger partial charge in [-0.05, 0) is 20.8 Å². The zero-order chi connectivity index (χ0) is 15.8. The summed E-state index contributed by atoms with van der Waals surface area (Å²) in [7, 11) is 1.28.